The van der Waals surface area contributed by atoms with Crippen molar-refractivity contribution in [2.45, 2.75) is 50.7 Å². The largest absolute Gasteiger partial charge is 0.493 e. The number of hydrogen-bond donors (Lipinski definition) is 1. The second-order valence-corrected chi connectivity index (χ2v) is 10.2. The molecule has 1 amide bonds. The van der Waals surface area contributed by atoms with Crippen molar-refractivity contribution in [1.82, 2.24) is 4.90 Å². The van der Waals surface area contributed by atoms with Crippen LogP contribution in [-0.2, 0) is 32.0 Å². The maximum atomic E-state index is 13.7. The number of hydrogen-bond acceptors (Lipinski definition) is 7. The minimum absolute atomic E-state index is 0.103. The van der Waals surface area contributed by atoms with Gasteiger partial charge in [0, 0.05) is 6.54 Å². The van der Waals surface area contributed by atoms with E-state index in [0.717, 1.165) is 24.0 Å². The van der Waals surface area contributed by atoms with Crippen LogP contribution in [0.2, 0.25) is 0 Å². The number of carboxylic acid groups (broad SMARTS) is 1. The highest BCUT2D eigenvalue weighted by atomic mass is 16.5. The van der Waals surface area contributed by atoms with Gasteiger partial charge in [-0.05, 0) is 73.1 Å². The van der Waals surface area contributed by atoms with Crippen LogP contribution in [0.3, 0.4) is 0 Å². The third kappa shape index (κ3) is 8.25. The Hall–Kier alpha value is -4.53. The number of ether oxygens (including phenoxy) is 4. The first-order chi connectivity index (χ1) is 20.4. The number of carbonyl (C=O) groups excluding carboxylic acids is 2. The van der Waals surface area contributed by atoms with E-state index in [1.165, 1.54) is 0 Å². The van der Waals surface area contributed by atoms with Gasteiger partial charge in [-0.1, -0.05) is 48.5 Å². The maximum absolute atomic E-state index is 13.7. The third-order valence-electron chi connectivity index (χ3n) is 7.29. The highest BCUT2D eigenvalue weighted by molar-refractivity contribution is 5.86. The molecule has 0 spiro atoms. The van der Waals surface area contributed by atoms with Gasteiger partial charge in [0.1, 0.15) is 17.9 Å². The predicted octanol–water partition coefficient (Wildman–Crippen LogP) is 5.01. The number of carbonyl (C=O) groups is 3. The summed E-state index contributed by atoms with van der Waals surface area (Å²) in [5.41, 5.74) is 2.53. The normalized spacial score (nSPS) is 15.4. The molecule has 3 aromatic rings. The number of piperidine rings is 1. The van der Waals surface area contributed by atoms with Gasteiger partial charge in [0.15, 0.2) is 18.1 Å². The summed E-state index contributed by atoms with van der Waals surface area (Å²) in [6, 6.07) is 21.4. The molecule has 9 nitrogen and oxygen atoms in total. The maximum Gasteiger partial charge on any atom is 0.341 e. The van der Waals surface area contributed by atoms with Crippen LogP contribution in [0.15, 0.2) is 72.8 Å². The highest BCUT2D eigenvalue weighted by Crippen LogP contribution is 2.32. The second kappa shape index (κ2) is 14.9. The summed E-state index contributed by atoms with van der Waals surface area (Å²) in [6.07, 6.45) is 2.74. The molecule has 0 aromatic heterocycles. The number of methoxy groups -OCH3 is 2. The van der Waals surface area contributed by atoms with E-state index in [4.69, 9.17) is 24.1 Å². The van der Waals surface area contributed by atoms with Gasteiger partial charge >= 0.3 is 11.9 Å². The molecule has 1 heterocycles. The number of esters is 1. The van der Waals surface area contributed by atoms with Crippen LogP contribution in [0.5, 0.6) is 17.2 Å². The molecule has 0 aliphatic carbocycles. The fourth-order valence-corrected chi connectivity index (χ4v) is 5.14. The zero-order valence-electron chi connectivity index (χ0n) is 24.0. The molecule has 3 aromatic carbocycles. The minimum Gasteiger partial charge on any atom is -0.493 e. The van der Waals surface area contributed by atoms with Crippen molar-refractivity contribution < 1.29 is 38.4 Å². The first kappa shape index (κ1) is 30.4. The van der Waals surface area contributed by atoms with E-state index in [1.807, 2.05) is 54.6 Å². The number of amides is 1. The summed E-state index contributed by atoms with van der Waals surface area (Å²) in [7, 11) is 3.15. The Balaban J connectivity index is 1.54. The van der Waals surface area contributed by atoms with Gasteiger partial charge in [0.05, 0.1) is 20.6 Å². The van der Waals surface area contributed by atoms with Gasteiger partial charge < -0.3 is 29.0 Å². The van der Waals surface area contributed by atoms with Crippen molar-refractivity contribution in [2.75, 3.05) is 27.4 Å². The molecule has 2 atom stereocenters. The Morgan fingerprint density at radius 2 is 1.69 bits per heavy atom. The van der Waals surface area contributed by atoms with E-state index >= 15 is 0 Å². The van der Waals surface area contributed by atoms with Crippen molar-refractivity contribution in [2.24, 2.45) is 0 Å². The summed E-state index contributed by atoms with van der Waals surface area (Å²) >= 11 is 0. The number of nitrogens with zero attached hydrogens (tertiary/aromatic N) is 1. The first-order valence-corrected chi connectivity index (χ1v) is 14.1. The molecular weight excluding hydrogens is 538 g/mol. The van der Waals surface area contributed by atoms with Crippen molar-refractivity contribution >= 4 is 17.8 Å². The molecule has 222 valence electrons. The van der Waals surface area contributed by atoms with E-state index in [0.29, 0.717) is 48.6 Å². The number of aliphatic carboxylic acids is 1. The lowest BCUT2D eigenvalue weighted by Crippen LogP contribution is -2.49. The predicted molar refractivity (Wildman–Crippen MR) is 156 cm³/mol. The van der Waals surface area contributed by atoms with Crippen molar-refractivity contribution in [3.05, 3.63) is 89.5 Å². The third-order valence-corrected chi connectivity index (χ3v) is 7.29. The zero-order chi connectivity index (χ0) is 29.9. The van der Waals surface area contributed by atoms with E-state index in [9.17, 15) is 14.4 Å². The van der Waals surface area contributed by atoms with Crippen LogP contribution in [0.1, 0.15) is 48.5 Å². The molecule has 1 aliphatic rings. The van der Waals surface area contributed by atoms with E-state index < -0.39 is 30.7 Å². The molecule has 1 aliphatic heterocycles. The average molecular weight is 576 g/mol. The van der Waals surface area contributed by atoms with Crippen LogP contribution in [0.25, 0.3) is 0 Å². The quantitative estimate of drug-likeness (QED) is 0.283. The first-order valence-electron chi connectivity index (χ1n) is 14.1. The van der Waals surface area contributed by atoms with Crippen molar-refractivity contribution in [3.63, 3.8) is 0 Å². The minimum atomic E-state index is -1.09. The molecule has 1 saturated heterocycles. The zero-order valence-corrected chi connectivity index (χ0v) is 24.0. The topological polar surface area (TPSA) is 112 Å². The Bertz CT molecular complexity index is 1360. The van der Waals surface area contributed by atoms with Gasteiger partial charge in [-0.15, -0.1) is 0 Å². The molecule has 0 saturated carbocycles. The summed E-state index contributed by atoms with van der Waals surface area (Å²) in [4.78, 5) is 39.6. The monoisotopic (exact) mass is 575 g/mol. The molecule has 9 heteroatoms. The highest BCUT2D eigenvalue weighted by Gasteiger charge is 2.34. The van der Waals surface area contributed by atoms with Crippen molar-refractivity contribution in [1.29, 1.82) is 0 Å². The molecule has 42 heavy (non-hydrogen) atoms. The fourth-order valence-electron chi connectivity index (χ4n) is 5.14. The van der Waals surface area contributed by atoms with Gasteiger partial charge in [-0.3, -0.25) is 4.79 Å². The lowest BCUT2D eigenvalue weighted by atomic mass is 9.99. The standard InChI is InChI=1S/C33H37NO8/c1-39-29-17-15-24(19-30(29)40-2)14-16-28(25-11-8-12-26(21-25)41-22-32(36)37)42-33(38)27-13-6-7-18-34(27)31(35)20-23-9-4-3-5-10-23/h3-5,8-12,15,17,19,21,27-28H,6-7,13-14,16,18,20,22H2,1-2H3,(H,36,37)/t27-,28?/m0/s1. The van der Waals surface area contributed by atoms with Crippen molar-refractivity contribution in [3.8, 4) is 17.2 Å². The van der Waals surface area contributed by atoms with Gasteiger partial charge in [0.2, 0.25) is 5.91 Å². The number of rotatable bonds is 13. The summed E-state index contributed by atoms with van der Waals surface area (Å²) in [5, 5.41) is 9.02. The van der Waals surface area contributed by atoms with E-state index in [2.05, 4.69) is 0 Å². The van der Waals surface area contributed by atoms with Gasteiger partial charge in [-0.2, -0.15) is 0 Å². The molecule has 1 unspecified atom stereocenters. The van der Waals surface area contributed by atoms with Crippen LogP contribution in [-0.4, -0.2) is 61.3 Å². The molecule has 4 rings (SSSR count). The van der Waals surface area contributed by atoms with E-state index in [1.54, 1.807) is 37.3 Å². The Labute approximate surface area is 246 Å². The summed E-state index contributed by atoms with van der Waals surface area (Å²) < 4.78 is 22.3. The number of likely N-dealkylation sites (tertiary alicyclic amines) is 1. The lowest BCUT2D eigenvalue weighted by molar-refractivity contribution is -0.162. The Morgan fingerprint density at radius 3 is 2.43 bits per heavy atom. The SMILES string of the molecule is COc1ccc(CCC(OC(=O)[C@@H]2CCCCN2C(=O)Cc2ccccc2)c2cccc(OCC(=O)O)c2)cc1OC. The van der Waals surface area contributed by atoms with E-state index in [-0.39, 0.29) is 12.3 Å². The van der Waals surface area contributed by atoms with Crippen LogP contribution in [0.4, 0.5) is 0 Å². The van der Waals surface area contributed by atoms with Crippen LogP contribution in [0, 0.1) is 0 Å². The number of aryl methyl sites for hydroxylation is 1. The summed E-state index contributed by atoms with van der Waals surface area (Å²) in [6.45, 7) is 0.0143. The molecule has 1 N–H and O–H groups in total. The van der Waals surface area contributed by atoms with Gasteiger partial charge in [0.25, 0.3) is 0 Å². The molecular formula is C33H37NO8. The second-order valence-electron chi connectivity index (χ2n) is 10.2. The lowest BCUT2D eigenvalue weighted by Gasteiger charge is -2.35. The molecule has 1 fully saturated rings. The Morgan fingerprint density at radius 1 is 0.905 bits per heavy atom. The van der Waals surface area contributed by atoms with Crippen LogP contribution >= 0.6 is 0 Å². The average Bonchev–Trinajstić information content (AvgIpc) is 3.02. The number of carboxylic acids is 1. The fraction of sp³-hybridized carbons (Fsp3) is 0.364. The molecule has 0 bridgehead atoms. The summed E-state index contributed by atoms with van der Waals surface area (Å²) in [5.74, 6) is -0.0691. The smallest absolute Gasteiger partial charge is 0.341 e. The number of benzene rings is 3. The van der Waals surface area contributed by atoms with Crippen LogP contribution < -0.4 is 14.2 Å². The van der Waals surface area contributed by atoms with Gasteiger partial charge in [-0.25, -0.2) is 9.59 Å². The molecule has 0 radical (unpaired) electrons. The Kier molecular flexibility index (Phi) is 10.8.